The summed E-state index contributed by atoms with van der Waals surface area (Å²) in [6.45, 7) is 0.855. The number of rotatable bonds is 6. The minimum atomic E-state index is -1.33. The number of aromatic nitrogens is 2. The summed E-state index contributed by atoms with van der Waals surface area (Å²) in [5, 5.41) is 28.8. The predicted molar refractivity (Wildman–Crippen MR) is 65.0 cm³/mol. The summed E-state index contributed by atoms with van der Waals surface area (Å²) in [6.07, 6.45) is 0.121. The molecule has 0 aliphatic carbocycles. The maximum atomic E-state index is 11.9. The normalized spacial score (nSPS) is 12.4. The monoisotopic (exact) mass is 273 g/mol. The van der Waals surface area contributed by atoms with Crippen molar-refractivity contribution in [1.82, 2.24) is 9.13 Å². The van der Waals surface area contributed by atoms with Gasteiger partial charge in [-0.3, -0.25) is 24.0 Å². The van der Waals surface area contributed by atoms with Gasteiger partial charge >= 0.3 is 16.9 Å². The van der Waals surface area contributed by atoms with E-state index >= 15 is 0 Å². The molecule has 1 rings (SSSR count). The van der Waals surface area contributed by atoms with Crippen LogP contribution in [0.25, 0.3) is 0 Å². The van der Waals surface area contributed by atoms with Crippen molar-refractivity contribution in [2.24, 2.45) is 0 Å². The molecular formula is C10H15N3O6. The molecule has 1 heterocycles. The smallest absolute Gasteiger partial charge is 0.350 e. The number of nitrogens with zero attached hydrogens (tertiary/aromatic N) is 3. The summed E-state index contributed by atoms with van der Waals surface area (Å²) < 4.78 is 1.61. The summed E-state index contributed by atoms with van der Waals surface area (Å²) >= 11 is 0. The van der Waals surface area contributed by atoms with E-state index in [0.717, 1.165) is 10.8 Å². The highest BCUT2D eigenvalue weighted by molar-refractivity contribution is 5.21. The van der Waals surface area contributed by atoms with Gasteiger partial charge in [-0.15, -0.1) is 0 Å². The standard InChI is InChI=1S/C10H15N3O6/c1-2-3-11-5-8(13(18)19)9(16)12(10(11)17)4-7(15)6-14/h5,7,14-15H,2-4,6H2,1H3. The van der Waals surface area contributed by atoms with Gasteiger partial charge in [-0.2, -0.15) is 0 Å². The first-order valence-electron chi connectivity index (χ1n) is 5.70. The Morgan fingerprint density at radius 1 is 1.47 bits per heavy atom. The Morgan fingerprint density at radius 3 is 2.58 bits per heavy atom. The lowest BCUT2D eigenvalue weighted by Gasteiger charge is -2.11. The first-order chi connectivity index (χ1) is 8.92. The second-order valence-electron chi connectivity index (χ2n) is 4.00. The number of aryl methyl sites for hydroxylation is 1. The Kier molecular flexibility index (Phi) is 4.95. The molecule has 0 amide bonds. The third kappa shape index (κ3) is 3.26. The Labute approximate surface area is 107 Å². The van der Waals surface area contributed by atoms with Crippen LogP contribution in [0.3, 0.4) is 0 Å². The molecule has 0 bridgehead atoms. The maximum Gasteiger partial charge on any atom is 0.350 e. The summed E-state index contributed by atoms with van der Waals surface area (Å²) in [5.74, 6) is 0. The lowest BCUT2D eigenvalue weighted by Crippen LogP contribution is -2.43. The zero-order valence-corrected chi connectivity index (χ0v) is 10.4. The van der Waals surface area contributed by atoms with Crippen LogP contribution in [-0.2, 0) is 13.1 Å². The Bertz CT molecular complexity index is 576. The molecule has 19 heavy (non-hydrogen) atoms. The van der Waals surface area contributed by atoms with Gasteiger partial charge in [0.05, 0.1) is 30.4 Å². The third-order valence-corrected chi connectivity index (χ3v) is 2.48. The molecule has 0 saturated heterocycles. The molecule has 1 aromatic heterocycles. The average Bonchev–Trinajstić information content (AvgIpc) is 2.37. The first kappa shape index (κ1) is 15.1. The van der Waals surface area contributed by atoms with Crippen molar-refractivity contribution in [3.63, 3.8) is 0 Å². The van der Waals surface area contributed by atoms with E-state index in [4.69, 9.17) is 5.11 Å². The van der Waals surface area contributed by atoms with Gasteiger partial charge in [0.15, 0.2) is 0 Å². The zero-order chi connectivity index (χ0) is 14.6. The fourth-order valence-electron chi connectivity index (χ4n) is 1.59. The van der Waals surface area contributed by atoms with Crippen LogP contribution in [0.2, 0.25) is 0 Å². The van der Waals surface area contributed by atoms with Crippen LogP contribution in [0.5, 0.6) is 0 Å². The molecule has 1 unspecified atom stereocenters. The molecule has 0 aliphatic rings. The number of hydrogen-bond acceptors (Lipinski definition) is 6. The Balaban J connectivity index is 3.45. The molecule has 0 saturated carbocycles. The van der Waals surface area contributed by atoms with Crippen molar-refractivity contribution in [3.05, 3.63) is 37.1 Å². The molecule has 106 valence electrons. The molecule has 2 N–H and O–H groups in total. The number of aliphatic hydroxyl groups is 2. The van der Waals surface area contributed by atoms with Crippen molar-refractivity contribution < 1.29 is 15.1 Å². The van der Waals surface area contributed by atoms with E-state index in [9.17, 15) is 24.8 Å². The van der Waals surface area contributed by atoms with Gasteiger partial charge in [-0.25, -0.2) is 4.79 Å². The van der Waals surface area contributed by atoms with Crippen LogP contribution in [0.15, 0.2) is 15.8 Å². The second-order valence-corrected chi connectivity index (χ2v) is 4.00. The molecular weight excluding hydrogens is 258 g/mol. The summed E-state index contributed by atoms with van der Waals surface area (Å²) in [7, 11) is 0. The predicted octanol–water partition coefficient (Wildman–Crippen LogP) is -1.32. The molecule has 0 spiro atoms. The molecule has 9 heteroatoms. The molecule has 0 aliphatic heterocycles. The van der Waals surface area contributed by atoms with E-state index in [-0.39, 0.29) is 6.54 Å². The minimum absolute atomic E-state index is 0.217. The summed E-state index contributed by atoms with van der Waals surface area (Å²) in [5.41, 5.74) is -2.57. The van der Waals surface area contributed by atoms with E-state index in [1.54, 1.807) is 6.92 Å². The topological polar surface area (TPSA) is 128 Å². The highest BCUT2D eigenvalue weighted by Gasteiger charge is 2.20. The Morgan fingerprint density at radius 2 is 2.11 bits per heavy atom. The van der Waals surface area contributed by atoms with Gasteiger partial charge < -0.3 is 10.2 Å². The molecule has 1 aromatic rings. The van der Waals surface area contributed by atoms with E-state index < -0.39 is 41.1 Å². The van der Waals surface area contributed by atoms with Crippen LogP contribution in [0, 0.1) is 10.1 Å². The largest absolute Gasteiger partial charge is 0.394 e. The maximum absolute atomic E-state index is 11.9. The lowest BCUT2D eigenvalue weighted by atomic mass is 10.3. The van der Waals surface area contributed by atoms with Gasteiger partial charge in [-0.05, 0) is 6.42 Å². The zero-order valence-electron chi connectivity index (χ0n) is 10.4. The Hall–Kier alpha value is -2.00. The van der Waals surface area contributed by atoms with Gasteiger partial charge in [0.2, 0.25) is 0 Å². The van der Waals surface area contributed by atoms with Crippen molar-refractivity contribution in [2.75, 3.05) is 6.61 Å². The fraction of sp³-hybridized carbons (Fsp3) is 0.600. The fourth-order valence-corrected chi connectivity index (χ4v) is 1.59. The van der Waals surface area contributed by atoms with Crippen LogP contribution in [0.4, 0.5) is 5.69 Å². The highest BCUT2D eigenvalue weighted by Crippen LogP contribution is 2.01. The quantitative estimate of drug-likeness (QED) is 0.489. The van der Waals surface area contributed by atoms with E-state index in [1.807, 2.05) is 0 Å². The summed E-state index contributed by atoms with van der Waals surface area (Å²) in [6, 6.07) is 0. The minimum Gasteiger partial charge on any atom is -0.394 e. The number of nitro groups is 1. The van der Waals surface area contributed by atoms with Crippen LogP contribution < -0.4 is 11.2 Å². The van der Waals surface area contributed by atoms with E-state index in [2.05, 4.69) is 0 Å². The van der Waals surface area contributed by atoms with Crippen LogP contribution >= 0.6 is 0 Å². The third-order valence-electron chi connectivity index (χ3n) is 2.48. The molecule has 9 nitrogen and oxygen atoms in total. The van der Waals surface area contributed by atoms with Gasteiger partial charge in [0.1, 0.15) is 0 Å². The highest BCUT2D eigenvalue weighted by atomic mass is 16.6. The van der Waals surface area contributed by atoms with Crippen molar-refractivity contribution >= 4 is 5.69 Å². The lowest BCUT2D eigenvalue weighted by molar-refractivity contribution is -0.387. The first-order valence-corrected chi connectivity index (χ1v) is 5.70. The molecule has 1 atom stereocenters. The summed E-state index contributed by atoms with van der Waals surface area (Å²) in [4.78, 5) is 33.6. The molecule has 0 aromatic carbocycles. The van der Waals surface area contributed by atoms with Gasteiger partial charge in [0, 0.05) is 6.54 Å². The average molecular weight is 273 g/mol. The van der Waals surface area contributed by atoms with Crippen molar-refractivity contribution in [1.29, 1.82) is 0 Å². The number of aliphatic hydroxyl groups excluding tert-OH is 2. The van der Waals surface area contributed by atoms with Gasteiger partial charge in [-0.1, -0.05) is 6.92 Å². The number of hydrogen-bond donors (Lipinski definition) is 2. The van der Waals surface area contributed by atoms with Crippen molar-refractivity contribution in [2.45, 2.75) is 32.5 Å². The van der Waals surface area contributed by atoms with Crippen molar-refractivity contribution in [3.8, 4) is 0 Å². The van der Waals surface area contributed by atoms with Gasteiger partial charge in [0.25, 0.3) is 0 Å². The second kappa shape index (κ2) is 6.25. The van der Waals surface area contributed by atoms with Crippen LogP contribution in [-0.4, -0.2) is 37.0 Å². The van der Waals surface area contributed by atoms with Crippen LogP contribution in [0.1, 0.15) is 13.3 Å². The molecule has 0 fully saturated rings. The SMILES string of the molecule is CCCn1cc([N+](=O)[O-])c(=O)n(CC(O)CO)c1=O. The molecule has 0 radical (unpaired) electrons. The van der Waals surface area contributed by atoms with E-state index in [0.29, 0.717) is 11.0 Å². The van der Waals surface area contributed by atoms with E-state index in [1.165, 1.54) is 0 Å².